The summed E-state index contributed by atoms with van der Waals surface area (Å²) in [5, 5.41) is 11.0. The topological polar surface area (TPSA) is 70.4 Å². The lowest BCUT2D eigenvalue weighted by Gasteiger charge is -2.20. The van der Waals surface area contributed by atoms with Crippen LogP contribution in [-0.4, -0.2) is 64.4 Å². The first-order valence-corrected chi connectivity index (χ1v) is 7.80. The van der Waals surface area contributed by atoms with Gasteiger partial charge in [0.05, 0.1) is 6.54 Å². The van der Waals surface area contributed by atoms with Crippen LogP contribution in [0.25, 0.3) is 0 Å². The number of nitrogens with zero attached hydrogens (tertiary/aromatic N) is 5. The highest BCUT2D eigenvalue weighted by Crippen LogP contribution is 2.31. The number of nitrogens with one attached hydrogen (secondary N) is 2. The number of hydrogen-bond donors (Lipinski definition) is 2. The second kappa shape index (κ2) is 6.43. The third-order valence-electron chi connectivity index (χ3n) is 4.35. The Morgan fingerprint density at radius 3 is 2.90 bits per heavy atom. The van der Waals surface area contributed by atoms with E-state index in [9.17, 15) is 0 Å². The molecule has 2 fully saturated rings. The monoisotopic (exact) mass is 291 g/mol. The summed E-state index contributed by atoms with van der Waals surface area (Å²) in [5.41, 5.74) is 0. The molecular formula is C14H25N7. The number of aromatic nitrogens is 3. The highest BCUT2D eigenvalue weighted by Gasteiger charge is 2.38. The van der Waals surface area contributed by atoms with Crippen molar-refractivity contribution in [3.8, 4) is 0 Å². The van der Waals surface area contributed by atoms with Crippen molar-refractivity contribution in [2.24, 2.45) is 10.9 Å². The SMILES string of the molecule is CN=C(NCCn1cncn1)NC1CN(C2CC2)CC1C. The molecule has 1 saturated heterocycles. The largest absolute Gasteiger partial charge is 0.355 e. The van der Waals surface area contributed by atoms with E-state index in [0.717, 1.165) is 31.6 Å². The van der Waals surface area contributed by atoms with Gasteiger partial charge in [-0.25, -0.2) is 4.98 Å². The fourth-order valence-corrected chi connectivity index (χ4v) is 2.94. The molecule has 7 nitrogen and oxygen atoms in total. The fourth-order valence-electron chi connectivity index (χ4n) is 2.94. The Bertz CT molecular complexity index is 466. The van der Waals surface area contributed by atoms with Crippen molar-refractivity contribution in [1.82, 2.24) is 30.3 Å². The van der Waals surface area contributed by atoms with Crippen molar-refractivity contribution in [2.45, 2.75) is 38.4 Å². The van der Waals surface area contributed by atoms with E-state index < -0.39 is 0 Å². The fraction of sp³-hybridized carbons (Fsp3) is 0.786. The van der Waals surface area contributed by atoms with E-state index in [0.29, 0.717) is 12.0 Å². The van der Waals surface area contributed by atoms with Crippen LogP contribution in [0, 0.1) is 5.92 Å². The summed E-state index contributed by atoms with van der Waals surface area (Å²) in [6, 6.07) is 1.34. The van der Waals surface area contributed by atoms with Crippen LogP contribution in [-0.2, 0) is 6.54 Å². The van der Waals surface area contributed by atoms with E-state index in [2.05, 4.69) is 37.5 Å². The van der Waals surface area contributed by atoms with Crippen molar-refractivity contribution >= 4 is 5.96 Å². The Hall–Kier alpha value is -1.63. The van der Waals surface area contributed by atoms with Crippen LogP contribution < -0.4 is 10.6 Å². The van der Waals surface area contributed by atoms with Gasteiger partial charge in [0, 0.05) is 38.8 Å². The summed E-state index contributed by atoms with van der Waals surface area (Å²) in [6.45, 7) is 6.24. The molecule has 1 saturated carbocycles. The van der Waals surface area contributed by atoms with E-state index in [4.69, 9.17) is 0 Å². The van der Waals surface area contributed by atoms with Gasteiger partial charge in [0.25, 0.3) is 0 Å². The molecule has 0 amide bonds. The van der Waals surface area contributed by atoms with Crippen LogP contribution in [0.15, 0.2) is 17.6 Å². The quantitative estimate of drug-likeness (QED) is 0.587. The molecule has 0 radical (unpaired) electrons. The molecule has 7 heteroatoms. The van der Waals surface area contributed by atoms with Crippen molar-refractivity contribution in [3.63, 3.8) is 0 Å². The van der Waals surface area contributed by atoms with Gasteiger partial charge < -0.3 is 10.6 Å². The van der Waals surface area contributed by atoms with E-state index in [-0.39, 0.29) is 0 Å². The molecule has 2 atom stereocenters. The predicted molar refractivity (Wildman–Crippen MR) is 82.1 cm³/mol. The van der Waals surface area contributed by atoms with Crippen LogP contribution >= 0.6 is 0 Å². The van der Waals surface area contributed by atoms with Gasteiger partial charge >= 0.3 is 0 Å². The molecule has 3 rings (SSSR count). The molecule has 2 heterocycles. The van der Waals surface area contributed by atoms with Gasteiger partial charge in [0.1, 0.15) is 12.7 Å². The average Bonchev–Trinajstić information content (AvgIpc) is 3.09. The van der Waals surface area contributed by atoms with Crippen molar-refractivity contribution in [2.75, 3.05) is 26.7 Å². The number of rotatable bonds is 5. The summed E-state index contributed by atoms with van der Waals surface area (Å²) in [6.07, 6.45) is 6.04. The molecule has 0 aromatic carbocycles. The highest BCUT2D eigenvalue weighted by atomic mass is 15.3. The summed E-state index contributed by atoms with van der Waals surface area (Å²) in [7, 11) is 1.82. The molecule has 1 aromatic rings. The van der Waals surface area contributed by atoms with E-state index in [1.165, 1.54) is 19.4 Å². The van der Waals surface area contributed by atoms with Crippen LogP contribution in [0.4, 0.5) is 0 Å². The second-order valence-electron chi connectivity index (χ2n) is 6.07. The molecule has 1 aliphatic heterocycles. The summed E-state index contributed by atoms with van der Waals surface area (Å²) in [5.74, 6) is 1.55. The maximum absolute atomic E-state index is 4.32. The first kappa shape index (κ1) is 14.3. The maximum Gasteiger partial charge on any atom is 0.191 e. The van der Waals surface area contributed by atoms with E-state index in [1.807, 2.05) is 11.7 Å². The minimum absolute atomic E-state index is 0.489. The molecule has 2 unspecified atom stereocenters. The smallest absolute Gasteiger partial charge is 0.191 e. The lowest BCUT2D eigenvalue weighted by atomic mass is 10.1. The molecule has 0 bridgehead atoms. The van der Waals surface area contributed by atoms with Gasteiger partial charge in [-0.1, -0.05) is 6.92 Å². The first-order valence-electron chi connectivity index (χ1n) is 7.80. The van der Waals surface area contributed by atoms with Gasteiger partial charge in [-0.05, 0) is 18.8 Å². The Balaban J connectivity index is 1.43. The average molecular weight is 291 g/mol. The zero-order valence-electron chi connectivity index (χ0n) is 12.9. The minimum atomic E-state index is 0.489. The number of aliphatic imine (C=N–C) groups is 1. The number of likely N-dealkylation sites (tertiary alicyclic amines) is 1. The van der Waals surface area contributed by atoms with E-state index >= 15 is 0 Å². The molecule has 0 spiro atoms. The Morgan fingerprint density at radius 1 is 1.38 bits per heavy atom. The van der Waals surface area contributed by atoms with Gasteiger partial charge in [-0.3, -0.25) is 14.6 Å². The zero-order valence-corrected chi connectivity index (χ0v) is 12.9. The Labute approximate surface area is 125 Å². The molecule has 2 aliphatic rings. The van der Waals surface area contributed by atoms with E-state index in [1.54, 1.807) is 12.7 Å². The van der Waals surface area contributed by atoms with Gasteiger partial charge in [-0.15, -0.1) is 0 Å². The summed E-state index contributed by atoms with van der Waals surface area (Å²) < 4.78 is 1.81. The molecule has 1 aromatic heterocycles. The van der Waals surface area contributed by atoms with Crippen molar-refractivity contribution in [3.05, 3.63) is 12.7 Å². The first-order chi connectivity index (χ1) is 10.3. The van der Waals surface area contributed by atoms with Crippen LogP contribution in [0.3, 0.4) is 0 Å². The van der Waals surface area contributed by atoms with Gasteiger partial charge in [0.2, 0.25) is 0 Å². The van der Waals surface area contributed by atoms with Gasteiger partial charge in [-0.2, -0.15) is 5.10 Å². The van der Waals surface area contributed by atoms with Crippen molar-refractivity contribution in [1.29, 1.82) is 0 Å². The molecule has 21 heavy (non-hydrogen) atoms. The lowest BCUT2D eigenvalue weighted by Crippen LogP contribution is -2.47. The standard InChI is InChI=1S/C14H25N7/c1-11-7-20(12-3-4-12)8-13(11)19-14(15-2)17-5-6-21-10-16-9-18-21/h9-13H,3-8H2,1-2H3,(H2,15,17,19). The Morgan fingerprint density at radius 2 is 2.24 bits per heavy atom. The molecule has 1 aliphatic carbocycles. The predicted octanol–water partition coefficient (Wildman–Crippen LogP) is -0.0742. The van der Waals surface area contributed by atoms with Gasteiger partial charge in [0.15, 0.2) is 5.96 Å². The zero-order chi connectivity index (χ0) is 14.7. The normalized spacial score (nSPS) is 27.0. The molecule has 2 N–H and O–H groups in total. The van der Waals surface area contributed by atoms with Crippen molar-refractivity contribution < 1.29 is 0 Å². The minimum Gasteiger partial charge on any atom is -0.355 e. The summed E-state index contributed by atoms with van der Waals surface area (Å²) in [4.78, 5) is 10.9. The number of hydrogen-bond acceptors (Lipinski definition) is 4. The maximum atomic E-state index is 4.32. The Kier molecular flexibility index (Phi) is 4.38. The highest BCUT2D eigenvalue weighted by molar-refractivity contribution is 5.80. The summed E-state index contributed by atoms with van der Waals surface area (Å²) >= 11 is 0. The van der Waals surface area contributed by atoms with Crippen LogP contribution in [0.1, 0.15) is 19.8 Å². The van der Waals surface area contributed by atoms with Crippen LogP contribution in [0.2, 0.25) is 0 Å². The third kappa shape index (κ3) is 3.72. The number of guanidine groups is 1. The lowest BCUT2D eigenvalue weighted by molar-refractivity contribution is 0.315. The van der Waals surface area contributed by atoms with Crippen LogP contribution in [0.5, 0.6) is 0 Å². The second-order valence-corrected chi connectivity index (χ2v) is 6.07. The molecule has 116 valence electrons. The molecular weight excluding hydrogens is 266 g/mol. The third-order valence-corrected chi connectivity index (χ3v) is 4.35.